The summed E-state index contributed by atoms with van der Waals surface area (Å²) in [4.78, 5) is 0. The first-order valence-corrected chi connectivity index (χ1v) is 6.03. The largest absolute Gasteiger partial charge is 0.314 e. The van der Waals surface area contributed by atoms with Crippen LogP contribution in [0.15, 0.2) is 0 Å². The smallest absolute Gasteiger partial charge is 0.0211 e. The first-order chi connectivity index (χ1) is 6.34. The average molecular weight is 216 g/mol. The van der Waals surface area contributed by atoms with Crippen molar-refractivity contribution in [3.05, 3.63) is 0 Å². The maximum absolute atomic E-state index is 3.68. The van der Waals surface area contributed by atoms with Crippen LogP contribution < -0.4 is 5.32 Å². The van der Waals surface area contributed by atoms with Crippen molar-refractivity contribution in [3.8, 4) is 0 Å². The average Bonchev–Trinajstić information content (AvgIpc) is 2.18. The first-order valence-electron chi connectivity index (χ1n) is 6.03. The summed E-state index contributed by atoms with van der Waals surface area (Å²) in [5, 5.41) is 3.68. The lowest BCUT2D eigenvalue weighted by Crippen LogP contribution is -2.60. The fourth-order valence-electron chi connectivity index (χ4n) is 4.64. The zero-order chi connectivity index (χ0) is 8.89. The van der Waals surface area contributed by atoms with Crippen molar-refractivity contribution in [3.63, 3.8) is 0 Å². The van der Waals surface area contributed by atoms with E-state index in [1.165, 1.54) is 38.5 Å². The van der Waals surface area contributed by atoms with E-state index in [0.29, 0.717) is 5.54 Å². The summed E-state index contributed by atoms with van der Waals surface area (Å²) in [5.41, 5.74) is 0.587. The molecule has 4 bridgehead atoms. The van der Waals surface area contributed by atoms with Gasteiger partial charge in [-0.3, -0.25) is 0 Å². The molecule has 4 atom stereocenters. The molecule has 0 aromatic rings. The van der Waals surface area contributed by atoms with Crippen LogP contribution in [0, 0.1) is 17.8 Å². The molecule has 4 rings (SSSR count). The van der Waals surface area contributed by atoms with Crippen molar-refractivity contribution >= 4 is 12.4 Å². The van der Waals surface area contributed by atoms with Gasteiger partial charge >= 0.3 is 0 Å². The molecule has 1 N–H and O–H groups in total. The van der Waals surface area contributed by atoms with Crippen molar-refractivity contribution in [1.29, 1.82) is 0 Å². The van der Waals surface area contributed by atoms with Crippen molar-refractivity contribution in [2.75, 3.05) is 7.05 Å². The maximum atomic E-state index is 3.68. The van der Waals surface area contributed by atoms with Gasteiger partial charge < -0.3 is 5.32 Å². The van der Waals surface area contributed by atoms with Crippen molar-refractivity contribution < 1.29 is 0 Å². The van der Waals surface area contributed by atoms with Crippen LogP contribution in [0.25, 0.3) is 0 Å². The second-order valence-electron chi connectivity index (χ2n) is 5.55. The highest BCUT2D eigenvalue weighted by molar-refractivity contribution is 5.85. The van der Waals surface area contributed by atoms with Gasteiger partial charge in [-0.1, -0.05) is 19.3 Å². The van der Waals surface area contributed by atoms with Gasteiger partial charge in [-0.05, 0) is 50.5 Å². The van der Waals surface area contributed by atoms with Crippen molar-refractivity contribution in [1.82, 2.24) is 5.32 Å². The van der Waals surface area contributed by atoms with Gasteiger partial charge in [0.25, 0.3) is 0 Å². The highest BCUT2D eigenvalue weighted by atomic mass is 35.5. The molecule has 4 fully saturated rings. The van der Waals surface area contributed by atoms with E-state index in [-0.39, 0.29) is 12.4 Å². The number of fused-ring (bicyclic) bond motifs is 1. The Morgan fingerprint density at radius 1 is 1.21 bits per heavy atom. The van der Waals surface area contributed by atoms with Crippen LogP contribution >= 0.6 is 12.4 Å². The molecule has 4 aliphatic carbocycles. The molecule has 1 nitrogen and oxygen atoms in total. The van der Waals surface area contributed by atoms with Crippen LogP contribution in [-0.4, -0.2) is 12.6 Å². The fourth-order valence-corrected chi connectivity index (χ4v) is 4.64. The minimum atomic E-state index is 0. The molecule has 4 aliphatic rings. The van der Waals surface area contributed by atoms with E-state index < -0.39 is 0 Å². The van der Waals surface area contributed by atoms with Gasteiger partial charge in [0.1, 0.15) is 0 Å². The summed E-state index contributed by atoms with van der Waals surface area (Å²) < 4.78 is 0. The monoisotopic (exact) mass is 215 g/mol. The summed E-state index contributed by atoms with van der Waals surface area (Å²) in [5.74, 6) is 3.20. The second kappa shape index (κ2) is 3.68. The second-order valence-corrected chi connectivity index (χ2v) is 5.55. The molecular formula is C12H22ClN. The Kier molecular flexibility index (Phi) is 2.83. The minimum Gasteiger partial charge on any atom is -0.314 e. The van der Waals surface area contributed by atoms with Crippen LogP contribution in [0.3, 0.4) is 0 Å². The molecule has 82 valence electrons. The Bertz CT molecular complexity index is 218. The lowest BCUT2D eigenvalue weighted by molar-refractivity contribution is -0.0398. The lowest BCUT2D eigenvalue weighted by Gasteiger charge is -2.58. The van der Waals surface area contributed by atoms with E-state index in [1.54, 1.807) is 6.42 Å². The first kappa shape index (κ1) is 10.8. The zero-order valence-corrected chi connectivity index (χ0v) is 9.91. The third-order valence-electron chi connectivity index (χ3n) is 5.15. The number of halogens is 1. The number of nitrogens with one attached hydrogen (secondary N) is 1. The molecule has 4 saturated carbocycles. The van der Waals surface area contributed by atoms with E-state index in [1.807, 2.05) is 0 Å². The molecule has 0 spiro atoms. The molecule has 0 aliphatic heterocycles. The molecule has 0 saturated heterocycles. The van der Waals surface area contributed by atoms with Gasteiger partial charge in [0.05, 0.1) is 0 Å². The Morgan fingerprint density at radius 3 is 2.71 bits per heavy atom. The molecular weight excluding hydrogens is 194 g/mol. The molecule has 0 radical (unpaired) electrons. The van der Waals surface area contributed by atoms with Crippen LogP contribution in [0.2, 0.25) is 0 Å². The predicted molar refractivity (Wildman–Crippen MR) is 61.8 cm³/mol. The van der Waals surface area contributed by atoms with E-state index >= 15 is 0 Å². The van der Waals surface area contributed by atoms with Crippen LogP contribution in [0.4, 0.5) is 0 Å². The third kappa shape index (κ3) is 1.32. The van der Waals surface area contributed by atoms with Gasteiger partial charge in [-0.2, -0.15) is 0 Å². The quantitative estimate of drug-likeness (QED) is 0.709. The van der Waals surface area contributed by atoms with E-state index in [9.17, 15) is 0 Å². The van der Waals surface area contributed by atoms with Gasteiger partial charge in [0, 0.05) is 5.54 Å². The molecule has 0 heterocycles. The van der Waals surface area contributed by atoms with Gasteiger partial charge in [0.2, 0.25) is 0 Å². The normalized spacial score (nSPS) is 49.9. The zero-order valence-electron chi connectivity index (χ0n) is 9.09. The summed E-state index contributed by atoms with van der Waals surface area (Å²) in [7, 11) is 2.20. The highest BCUT2D eigenvalue weighted by Crippen LogP contribution is 2.56. The number of rotatable bonds is 1. The fraction of sp³-hybridized carbons (Fsp3) is 1.00. The SMILES string of the molecule is CN[C@]12CCC[C@@H]3C[C@@H](CC[C@@H]31)C2.Cl. The maximum Gasteiger partial charge on any atom is 0.0211 e. The van der Waals surface area contributed by atoms with E-state index in [0.717, 1.165) is 17.8 Å². The van der Waals surface area contributed by atoms with Crippen molar-refractivity contribution in [2.24, 2.45) is 17.8 Å². The van der Waals surface area contributed by atoms with E-state index in [2.05, 4.69) is 12.4 Å². The Balaban J connectivity index is 0.000000750. The minimum absolute atomic E-state index is 0. The van der Waals surface area contributed by atoms with Crippen LogP contribution in [0.5, 0.6) is 0 Å². The molecule has 0 aromatic heterocycles. The molecule has 0 aromatic carbocycles. The summed E-state index contributed by atoms with van der Waals surface area (Å²) >= 11 is 0. The van der Waals surface area contributed by atoms with Gasteiger partial charge in [0.15, 0.2) is 0 Å². The topological polar surface area (TPSA) is 12.0 Å². The summed E-state index contributed by atoms with van der Waals surface area (Å²) in [6, 6.07) is 0. The van der Waals surface area contributed by atoms with Crippen molar-refractivity contribution in [2.45, 2.75) is 50.5 Å². The number of hydrogen-bond donors (Lipinski definition) is 1. The Morgan fingerprint density at radius 2 is 2.07 bits per heavy atom. The summed E-state index contributed by atoms with van der Waals surface area (Å²) in [6.45, 7) is 0. The molecule has 0 amide bonds. The standard InChI is InChI=1S/C12H21N.ClH/c1-13-12-6-2-3-10-7-9(8-12)4-5-11(10)12;/h9-11,13H,2-8H2,1H3;1H/t9-,10-,11+,12+;/m1./s1. The van der Waals surface area contributed by atoms with Gasteiger partial charge in [-0.15, -0.1) is 12.4 Å². The third-order valence-corrected chi connectivity index (χ3v) is 5.15. The Hall–Kier alpha value is 0.250. The summed E-state index contributed by atoms with van der Waals surface area (Å²) in [6.07, 6.45) is 10.6. The highest BCUT2D eigenvalue weighted by Gasteiger charge is 2.52. The lowest BCUT2D eigenvalue weighted by atomic mass is 9.51. The van der Waals surface area contributed by atoms with Crippen LogP contribution in [-0.2, 0) is 0 Å². The van der Waals surface area contributed by atoms with Crippen LogP contribution in [0.1, 0.15) is 44.9 Å². The molecule has 14 heavy (non-hydrogen) atoms. The number of hydrogen-bond acceptors (Lipinski definition) is 1. The molecule has 0 unspecified atom stereocenters. The Labute approximate surface area is 93.4 Å². The predicted octanol–water partition coefficient (Wildman–Crippen LogP) is 2.99. The van der Waals surface area contributed by atoms with Gasteiger partial charge in [-0.25, -0.2) is 0 Å². The molecule has 2 heteroatoms. The van der Waals surface area contributed by atoms with E-state index in [4.69, 9.17) is 0 Å².